The van der Waals surface area contributed by atoms with Crippen LogP contribution in [0.3, 0.4) is 0 Å². The smallest absolute Gasteiger partial charge is 0.333 e. The molecule has 2 N–H and O–H groups in total. The predicted octanol–water partition coefficient (Wildman–Crippen LogP) is 3.19. The largest absolute Gasteiger partial charge is 0.491 e. The second kappa shape index (κ2) is 14.7. The Bertz CT molecular complexity index is 927. The zero-order valence-electron chi connectivity index (χ0n) is 20.8. The van der Waals surface area contributed by atoms with Crippen molar-refractivity contribution >= 4 is 11.9 Å². The summed E-state index contributed by atoms with van der Waals surface area (Å²) >= 11 is 0. The average molecular weight is 499 g/mol. The molecule has 2 atom stereocenters. The van der Waals surface area contributed by atoms with Gasteiger partial charge in [0.15, 0.2) is 0 Å². The Balaban J connectivity index is 1.69. The fourth-order valence-electron chi connectivity index (χ4n) is 2.86. The van der Waals surface area contributed by atoms with Crippen molar-refractivity contribution in [3.63, 3.8) is 0 Å². The number of aliphatic hydroxyl groups excluding tert-OH is 2. The van der Waals surface area contributed by atoms with Gasteiger partial charge in [0.2, 0.25) is 0 Å². The predicted molar refractivity (Wildman–Crippen MR) is 135 cm³/mol. The molecule has 8 nitrogen and oxygen atoms in total. The van der Waals surface area contributed by atoms with Gasteiger partial charge in [0.25, 0.3) is 0 Å². The number of aryl methyl sites for hydroxylation is 2. The molecule has 0 fully saturated rings. The maximum Gasteiger partial charge on any atom is 0.333 e. The fourth-order valence-corrected chi connectivity index (χ4v) is 2.86. The first-order valence-corrected chi connectivity index (χ1v) is 11.6. The summed E-state index contributed by atoms with van der Waals surface area (Å²) in [5, 5.41) is 19.7. The molecule has 36 heavy (non-hydrogen) atoms. The summed E-state index contributed by atoms with van der Waals surface area (Å²) < 4.78 is 20.9. The third-order valence-corrected chi connectivity index (χ3v) is 4.94. The minimum absolute atomic E-state index is 0.00784. The van der Waals surface area contributed by atoms with E-state index in [2.05, 4.69) is 13.2 Å². The highest BCUT2D eigenvalue weighted by molar-refractivity contribution is 5.87. The van der Waals surface area contributed by atoms with Gasteiger partial charge in [0.1, 0.15) is 50.1 Å². The van der Waals surface area contributed by atoms with Crippen LogP contribution in [0.15, 0.2) is 72.8 Å². The van der Waals surface area contributed by atoms with Crippen LogP contribution in [0, 0.1) is 0 Å². The number of benzene rings is 2. The summed E-state index contributed by atoms with van der Waals surface area (Å²) in [7, 11) is 0. The molecule has 2 unspecified atom stereocenters. The van der Waals surface area contributed by atoms with Crippen molar-refractivity contribution in [3.8, 4) is 11.5 Å². The molecule has 8 heteroatoms. The molecule has 0 aliphatic rings. The van der Waals surface area contributed by atoms with Crippen molar-refractivity contribution in [1.82, 2.24) is 0 Å². The Kier molecular flexibility index (Phi) is 11.7. The Labute approximate surface area is 211 Å². The van der Waals surface area contributed by atoms with Crippen LogP contribution in [0.2, 0.25) is 0 Å². The number of esters is 2. The molecule has 0 saturated heterocycles. The number of ether oxygens (including phenoxy) is 4. The molecule has 0 saturated carbocycles. The molecule has 2 aromatic rings. The standard InChI is InChI=1S/C28H34O8/c1-19(2)27(31)35-17-23(29)15-33-25-11-7-21(8-12-25)5-6-22-9-13-26(14-10-22)34-16-24(30)18-36-28(32)20(3)4/h7-14,23-24,29-30H,1,3,5-6,15-18H2,2,4H3. The quantitative estimate of drug-likeness (QED) is 0.285. The monoisotopic (exact) mass is 498 g/mol. The molecule has 2 aromatic carbocycles. The van der Waals surface area contributed by atoms with Gasteiger partial charge in [-0.3, -0.25) is 0 Å². The van der Waals surface area contributed by atoms with Crippen LogP contribution < -0.4 is 9.47 Å². The van der Waals surface area contributed by atoms with E-state index in [0.29, 0.717) is 11.5 Å². The van der Waals surface area contributed by atoms with Crippen molar-refractivity contribution in [2.45, 2.75) is 38.9 Å². The highest BCUT2D eigenvalue weighted by Gasteiger charge is 2.11. The van der Waals surface area contributed by atoms with Gasteiger partial charge in [0, 0.05) is 11.1 Å². The van der Waals surface area contributed by atoms with E-state index in [0.717, 1.165) is 24.0 Å². The van der Waals surface area contributed by atoms with Gasteiger partial charge in [-0.2, -0.15) is 0 Å². The van der Waals surface area contributed by atoms with Crippen LogP contribution in [0.25, 0.3) is 0 Å². The third-order valence-electron chi connectivity index (χ3n) is 4.94. The summed E-state index contributed by atoms with van der Waals surface area (Å²) in [6.07, 6.45) is -0.205. The van der Waals surface area contributed by atoms with Gasteiger partial charge in [0.05, 0.1) is 0 Å². The van der Waals surface area contributed by atoms with E-state index in [4.69, 9.17) is 18.9 Å². The highest BCUT2D eigenvalue weighted by Crippen LogP contribution is 2.17. The van der Waals surface area contributed by atoms with Crippen molar-refractivity contribution in [3.05, 3.63) is 84.0 Å². The molecular formula is C28H34O8. The van der Waals surface area contributed by atoms with E-state index in [1.807, 2.05) is 48.5 Å². The average Bonchev–Trinajstić information content (AvgIpc) is 2.87. The van der Waals surface area contributed by atoms with Gasteiger partial charge in [-0.05, 0) is 62.1 Å². The second-order valence-electron chi connectivity index (χ2n) is 8.48. The number of carbonyl (C=O) groups excluding carboxylic acids is 2. The summed E-state index contributed by atoms with van der Waals surface area (Å²) in [6.45, 7) is 9.76. The second-order valence-corrected chi connectivity index (χ2v) is 8.48. The summed E-state index contributed by atoms with van der Waals surface area (Å²) in [5.41, 5.74) is 2.81. The fraction of sp³-hybridized carbons (Fsp3) is 0.357. The van der Waals surface area contributed by atoms with Crippen molar-refractivity contribution < 1.29 is 38.7 Å². The molecule has 0 radical (unpaired) electrons. The summed E-state index contributed by atoms with van der Waals surface area (Å²) in [4.78, 5) is 22.7. The van der Waals surface area contributed by atoms with Gasteiger partial charge < -0.3 is 29.2 Å². The Morgan fingerprint density at radius 1 is 0.667 bits per heavy atom. The maximum atomic E-state index is 11.3. The molecule has 0 spiro atoms. The van der Waals surface area contributed by atoms with Gasteiger partial charge in [-0.25, -0.2) is 9.59 Å². The lowest BCUT2D eigenvalue weighted by Gasteiger charge is -2.13. The maximum absolute atomic E-state index is 11.3. The van der Waals surface area contributed by atoms with Crippen LogP contribution in [0.1, 0.15) is 25.0 Å². The zero-order chi connectivity index (χ0) is 26.5. The van der Waals surface area contributed by atoms with Gasteiger partial charge >= 0.3 is 11.9 Å². The lowest BCUT2D eigenvalue weighted by molar-refractivity contribution is -0.143. The van der Waals surface area contributed by atoms with Crippen molar-refractivity contribution in [1.29, 1.82) is 0 Å². The van der Waals surface area contributed by atoms with Crippen LogP contribution >= 0.6 is 0 Å². The summed E-state index contributed by atoms with van der Waals surface area (Å²) in [6, 6.07) is 15.2. The van der Waals surface area contributed by atoms with E-state index in [1.54, 1.807) is 13.8 Å². The lowest BCUT2D eigenvalue weighted by atomic mass is 10.0. The van der Waals surface area contributed by atoms with Crippen LogP contribution in [-0.2, 0) is 31.9 Å². The molecule has 0 amide bonds. The first kappa shape index (κ1) is 28.6. The topological polar surface area (TPSA) is 112 Å². The summed E-state index contributed by atoms with van der Waals surface area (Å²) in [5.74, 6) is 0.139. The first-order chi connectivity index (χ1) is 17.1. The van der Waals surface area contributed by atoms with E-state index < -0.39 is 24.1 Å². The number of aliphatic hydroxyl groups is 2. The molecule has 0 bridgehead atoms. The van der Waals surface area contributed by atoms with Crippen molar-refractivity contribution in [2.75, 3.05) is 26.4 Å². The number of hydrogen-bond acceptors (Lipinski definition) is 8. The SMILES string of the molecule is C=C(C)C(=O)OCC(O)COc1ccc(CCc2ccc(OCC(O)COC(=O)C(=C)C)cc2)cc1. The molecule has 0 heterocycles. The Morgan fingerprint density at radius 3 is 1.31 bits per heavy atom. The minimum Gasteiger partial charge on any atom is -0.491 e. The van der Waals surface area contributed by atoms with Crippen LogP contribution in [0.5, 0.6) is 11.5 Å². The number of hydrogen-bond donors (Lipinski definition) is 2. The molecular weight excluding hydrogens is 464 g/mol. The minimum atomic E-state index is -0.928. The Morgan fingerprint density at radius 2 is 1.00 bits per heavy atom. The molecule has 0 aliphatic carbocycles. The van der Waals surface area contributed by atoms with Crippen LogP contribution in [-0.4, -0.2) is 60.8 Å². The zero-order valence-corrected chi connectivity index (χ0v) is 20.8. The highest BCUT2D eigenvalue weighted by atomic mass is 16.6. The molecule has 0 aliphatic heterocycles. The lowest BCUT2D eigenvalue weighted by Crippen LogP contribution is -2.25. The van der Waals surface area contributed by atoms with Gasteiger partial charge in [-0.15, -0.1) is 0 Å². The molecule has 0 aromatic heterocycles. The van der Waals surface area contributed by atoms with E-state index >= 15 is 0 Å². The number of rotatable bonds is 15. The normalized spacial score (nSPS) is 12.2. The van der Waals surface area contributed by atoms with Crippen molar-refractivity contribution in [2.24, 2.45) is 0 Å². The van der Waals surface area contributed by atoms with E-state index in [9.17, 15) is 19.8 Å². The van der Waals surface area contributed by atoms with Gasteiger partial charge in [-0.1, -0.05) is 37.4 Å². The van der Waals surface area contributed by atoms with E-state index in [-0.39, 0.29) is 37.6 Å². The first-order valence-electron chi connectivity index (χ1n) is 11.6. The Hall–Kier alpha value is -3.62. The number of carbonyl (C=O) groups is 2. The molecule has 2 rings (SSSR count). The van der Waals surface area contributed by atoms with E-state index in [1.165, 1.54) is 0 Å². The molecule has 194 valence electrons. The third kappa shape index (κ3) is 10.8. The van der Waals surface area contributed by atoms with Crippen LogP contribution in [0.4, 0.5) is 0 Å².